The highest BCUT2D eigenvalue weighted by Crippen LogP contribution is 2.30. The topological polar surface area (TPSA) is 50.8 Å². The van der Waals surface area contributed by atoms with Crippen LogP contribution >= 0.6 is 12.4 Å². The minimum atomic E-state index is 0. The second-order valence-electron chi connectivity index (χ2n) is 5.40. The SMILES string of the molecule is COc1cc(C(=O)N(C)C2CCNCC2)cc(OC)c1C.Cl. The number of amides is 1. The van der Waals surface area contributed by atoms with Crippen molar-refractivity contribution in [2.75, 3.05) is 34.4 Å². The fourth-order valence-electron chi connectivity index (χ4n) is 2.77. The molecule has 0 spiro atoms. The van der Waals surface area contributed by atoms with Crippen LogP contribution in [0.2, 0.25) is 0 Å². The van der Waals surface area contributed by atoms with Crippen LogP contribution in [0.3, 0.4) is 0 Å². The third kappa shape index (κ3) is 3.84. The third-order valence-electron chi connectivity index (χ3n) is 4.18. The maximum absolute atomic E-state index is 12.7. The van der Waals surface area contributed by atoms with Gasteiger partial charge in [-0.2, -0.15) is 0 Å². The highest BCUT2D eigenvalue weighted by Gasteiger charge is 2.24. The number of hydrogen-bond donors (Lipinski definition) is 1. The molecule has 0 atom stereocenters. The van der Waals surface area contributed by atoms with Gasteiger partial charge >= 0.3 is 0 Å². The zero-order valence-corrected chi connectivity index (χ0v) is 14.5. The molecule has 1 saturated heterocycles. The van der Waals surface area contributed by atoms with Crippen LogP contribution in [0.4, 0.5) is 0 Å². The van der Waals surface area contributed by atoms with E-state index in [1.54, 1.807) is 26.4 Å². The summed E-state index contributed by atoms with van der Waals surface area (Å²) >= 11 is 0. The number of hydrogen-bond acceptors (Lipinski definition) is 4. The molecule has 1 amide bonds. The summed E-state index contributed by atoms with van der Waals surface area (Å²) in [6.07, 6.45) is 1.98. The fraction of sp³-hybridized carbons (Fsp3) is 0.562. The van der Waals surface area contributed by atoms with Crippen molar-refractivity contribution in [3.05, 3.63) is 23.3 Å². The van der Waals surface area contributed by atoms with E-state index >= 15 is 0 Å². The number of carbonyl (C=O) groups excluding carboxylic acids is 1. The Morgan fingerprint density at radius 3 is 2.14 bits per heavy atom. The number of halogens is 1. The van der Waals surface area contributed by atoms with E-state index in [2.05, 4.69) is 5.32 Å². The predicted octanol–water partition coefficient (Wildman–Crippen LogP) is 2.26. The van der Waals surface area contributed by atoms with Crippen LogP contribution in [0.15, 0.2) is 12.1 Å². The average molecular weight is 329 g/mol. The summed E-state index contributed by atoms with van der Waals surface area (Å²) in [7, 11) is 5.08. The van der Waals surface area contributed by atoms with Gasteiger partial charge in [0.2, 0.25) is 0 Å². The molecular formula is C16H25ClN2O3. The van der Waals surface area contributed by atoms with Gasteiger partial charge in [-0.05, 0) is 45.0 Å². The van der Waals surface area contributed by atoms with E-state index in [4.69, 9.17) is 9.47 Å². The highest BCUT2D eigenvalue weighted by atomic mass is 35.5. The van der Waals surface area contributed by atoms with E-state index in [9.17, 15) is 4.79 Å². The van der Waals surface area contributed by atoms with Gasteiger partial charge in [0.25, 0.3) is 5.91 Å². The first-order valence-corrected chi connectivity index (χ1v) is 7.29. The Labute approximate surface area is 138 Å². The first-order chi connectivity index (χ1) is 10.1. The zero-order chi connectivity index (χ0) is 15.4. The molecule has 0 saturated carbocycles. The quantitative estimate of drug-likeness (QED) is 0.921. The van der Waals surface area contributed by atoms with Gasteiger partial charge in [0.1, 0.15) is 11.5 Å². The van der Waals surface area contributed by atoms with E-state index in [1.165, 1.54) is 0 Å². The first kappa shape index (κ1) is 18.6. The molecule has 1 aliphatic heterocycles. The van der Waals surface area contributed by atoms with Crippen molar-refractivity contribution in [3.63, 3.8) is 0 Å². The van der Waals surface area contributed by atoms with E-state index in [0.717, 1.165) is 31.5 Å². The average Bonchev–Trinajstić information content (AvgIpc) is 2.54. The molecule has 1 aromatic carbocycles. The minimum absolute atomic E-state index is 0. The monoisotopic (exact) mass is 328 g/mol. The smallest absolute Gasteiger partial charge is 0.254 e. The van der Waals surface area contributed by atoms with Crippen molar-refractivity contribution in [1.82, 2.24) is 10.2 Å². The van der Waals surface area contributed by atoms with E-state index < -0.39 is 0 Å². The lowest BCUT2D eigenvalue weighted by Crippen LogP contribution is -2.43. The number of carbonyl (C=O) groups is 1. The van der Waals surface area contributed by atoms with E-state index in [-0.39, 0.29) is 24.4 Å². The molecule has 0 aliphatic carbocycles. The summed E-state index contributed by atoms with van der Waals surface area (Å²) < 4.78 is 10.7. The van der Waals surface area contributed by atoms with Crippen LogP contribution in [0.25, 0.3) is 0 Å². The van der Waals surface area contributed by atoms with Crippen molar-refractivity contribution in [1.29, 1.82) is 0 Å². The highest BCUT2D eigenvalue weighted by molar-refractivity contribution is 5.95. The predicted molar refractivity (Wildman–Crippen MR) is 89.5 cm³/mol. The van der Waals surface area contributed by atoms with Crippen molar-refractivity contribution in [2.24, 2.45) is 0 Å². The molecule has 1 fully saturated rings. The van der Waals surface area contributed by atoms with Gasteiger partial charge in [-0.25, -0.2) is 0 Å². The summed E-state index contributed by atoms with van der Waals surface area (Å²) in [6, 6.07) is 3.87. The molecule has 0 radical (unpaired) electrons. The molecule has 6 heteroatoms. The summed E-state index contributed by atoms with van der Waals surface area (Å²) in [5.74, 6) is 1.37. The maximum Gasteiger partial charge on any atom is 0.254 e. The van der Waals surface area contributed by atoms with Gasteiger partial charge in [-0.15, -0.1) is 12.4 Å². The normalized spacial score (nSPS) is 14.9. The summed E-state index contributed by atoms with van der Waals surface area (Å²) in [5.41, 5.74) is 1.51. The number of ether oxygens (including phenoxy) is 2. The molecule has 22 heavy (non-hydrogen) atoms. The molecule has 0 bridgehead atoms. The molecule has 1 heterocycles. The Kier molecular flexibility index (Phi) is 6.97. The Balaban J connectivity index is 0.00000242. The van der Waals surface area contributed by atoms with Crippen LogP contribution in [0.5, 0.6) is 11.5 Å². The second kappa shape index (κ2) is 8.25. The van der Waals surface area contributed by atoms with Crippen molar-refractivity contribution < 1.29 is 14.3 Å². The van der Waals surface area contributed by atoms with E-state index in [1.807, 2.05) is 18.9 Å². The lowest BCUT2D eigenvalue weighted by atomic mass is 10.0. The second-order valence-corrected chi connectivity index (χ2v) is 5.40. The largest absolute Gasteiger partial charge is 0.496 e. The van der Waals surface area contributed by atoms with Crippen LogP contribution in [-0.2, 0) is 0 Å². The number of piperidine rings is 1. The van der Waals surface area contributed by atoms with Crippen molar-refractivity contribution in [2.45, 2.75) is 25.8 Å². The van der Waals surface area contributed by atoms with Gasteiger partial charge in [0.05, 0.1) is 14.2 Å². The lowest BCUT2D eigenvalue weighted by molar-refractivity contribution is 0.0702. The number of nitrogens with one attached hydrogen (secondary N) is 1. The standard InChI is InChI=1S/C16H24N2O3.ClH/c1-11-14(20-3)9-12(10-15(11)21-4)16(19)18(2)13-5-7-17-8-6-13;/h9-10,13,17H,5-8H2,1-4H3;1H. The Hall–Kier alpha value is -1.46. The Bertz CT molecular complexity index is 491. The van der Waals surface area contributed by atoms with E-state index in [0.29, 0.717) is 17.1 Å². The number of methoxy groups -OCH3 is 2. The molecule has 124 valence electrons. The molecule has 1 aliphatic rings. The molecule has 1 N–H and O–H groups in total. The molecule has 5 nitrogen and oxygen atoms in total. The summed E-state index contributed by atoms with van der Waals surface area (Å²) in [5, 5.41) is 3.31. The van der Waals surface area contributed by atoms with Gasteiger partial charge in [0.15, 0.2) is 0 Å². The maximum atomic E-state index is 12.7. The number of benzene rings is 1. The van der Waals surface area contributed by atoms with Gasteiger partial charge in [-0.3, -0.25) is 4.79 Å². The lowest BCUT2D eigenvalue weighted by Gasteiger charge is -2.32. The van der Waals surface area contributed by atoms with Gasteiger partial charge < -0.3 is 19.7 Å². The minimum Gasteiger partial charge on any atom is -0.496 e. The van der Waals surface area contributed by atoms with Crippen LogP contribution in [-0.4, -0.2) is 51.2 Å². The molecular weight excluding hydrogens is 304 g/mol. The summed E-state index contributed by atoms with van der Waals surface area (Å²) in [6.45, 7) is 3.84. The van der Waals surface area contributed by atoms with Gasteiger partial charge in [0, 0.05) is 24.2 Å². The van der Waals surface area contributed by atoms with Gasteiger partial charge in [-0.1, -0.05) is 0 Å². The number of rotatable bonds is 4. The number of nitrogens with zero attached hydrogens (tertiary/aromatic N) is 1. The Morgan fingerprint density at radius 1 is 1.18 bits per heavy atom. The molecule has 0 aromatic heterocycles. The third-order valence-corrected chi connectivity index (χ3v) is 4.18. The molecule has 1 aromatic rings. The Morgan fingerprint density at radius 2 is 1.68 bits per heavy atom. The first-order valence-electron chi connectivity index (χ1n) is 7.29. The summed E-state index contributed by atoms with van der Waals surface area (Å²) in [4.78, 5) is 14.5. The fourth-order valence-corrected chi connectivity index (χ4v) is 2.77. The van der Waals surface area contributed by atoms with Crippen LogP contribution in [0.1, 0.15) is 28.8 Å². The molecule has 0 unspecified atom stereocenters. The zero-order valence-electron chi connectivity index (χ0n) is 13.6. The van der Waals surface area contributed by atoms with Crippen molar-refractivity contribution >= 4 is 18.3 Å². The van der Waals surface area contributed by atoms with Crippen LogP contribution in [0, 0.1) is 6.92 Å². The molecule has 2 rings (SSSR count). The van der Waals surface area contributed by atoms with Crippen LogP contribution < -0.4 is 14.8 Å². The van der Waals surface area contributed by atoms with Crippen molar-refractivity contribution in [3.8, 4) is 11.5 Å².